The standard InChI is InChI=1S/C25H23ClFN3O3/c1-14-9-17(29-24(33)25(7-8-25)16-5-6-21(27)20(26)10-16)11-19(23(31)32)22(14)15-12-28-30(13-15)18-3-2-4-18/h5-6,9-13,18H,2-4,7-8H2,1H3,(H,29,33)(H,31,32). The second kappa shape index (κ2) is 7.99. The number of benzene rings is 2. The van der Waals surface area contributed by atoms with E-state index in [1.165, 1.54) is 24.6 Å². The number of aromatic nitrogens is 2. The number of aryl methyl sites for hydroxylation is 1. The molecule has 5 rings (SSSR count). The highest BCUT2D eigenvalue weighted by Crippen LogP contribution is 2.49. The Morgan fingerprint density at radius 3 is 2.61 bits per heavy atom. The molecule has 1 heterocycles. The molecule has 0 aliphatic heterocycles. The lowest BCUT2D eigenvalue weighted by molar-refractivity contribution is -0.118. The third-order valence-corrected chi connectivity index (χ3v) is 7.11. The molecule has 1 amide bonds. The Morgan fingerprint density at radius 1 is 1.24 bits per heavy atom. The molecule has 0 spiro atoms. The van der Waals surface area contributed by atoms with Crippen LogP contribution in [0.1, 0.15) is 59.6 Å². The summed E-state index contributed by atoms with van der Waals surface area (Å²) in [6, 6.07) is 7.95. The Balaban J connectivity index is 1.44. The molecule has 2 fully saturated rings. The van der Waals surface area contributed by atoms with Gasteiger partial charge in [-0.2, -0.15) is 5.10 Å². The number of carbonyl (C=O) groups excluding carboxylic acids is 1. The fourth-order valence-electron chi connectivity index (χ4n) is 4.55. The van der Waals surface area contributed by atoms with Crippen molar-refractivity contribution in [2.24, 2.45) is 0 Å². The van der Waals surface area contributed by atoms with E-state index in [2.05, 4.69) is 10.4 Å². The number of nitrogens with zero attached hydrogens (tertiary/aromatic N) is 2. The van der Waals surface area contributed by atoms with Crippen molar-refractivity contribution < 1.29 is 19.1 Å². The van der Waals surface area contributed by atoms with Crippen molar-refractivity contribution in [3.8, 4) is 11.1 Å². The summed E-state index contributed by atoms with van der Waals surface area (Å²) in [6.07, 6.45) is 8.17. The third-order valence-electron chi connectivity index (χ3n) is 6.82. The van der Waals surface area contributed by atoms with Crippen LogP contribution in [0.3, 0.4) is 0 Å². The van der Waals surface area contributed by atoms with Crippen LogP contribution in [0, 0.1) is 12.7 Å². The summed E-state index contributed by atoms with van der Waals surface area (Å²) >= 11 is 5.92. The van der Waals surface area contributed by atoms with E-state index in [0.29, 0.717) is 35.7 Å². The predicted octanol–water partition coefficient (Wildman–Crippen LogP) is 5.74. The van der Waals surface area contributed by atoms with Gasteiger partial charge in [0.15, 0.2) is 0 Å². The van der Waals surface area contributed by atoms with Crippen LogP contribution in [0.25, 0.3) is 11.1 Å². The molecule has 2 aliphatic rings. The molecule has 33 heavy (non-hydrogen) atoms. The van der Waals surface area contributed by atoms with Crippen molar-refractivity contribution in [3.63, 3.8) is 0 Å². The van der Waals surface area contributed by atoms with Gasteiger partial charge in [-0.1, -0.05) is 17.7 Å². The smallest absolute Gasteiger partial charge is 0.336 e. The summed E-state index contributed by atoms with van der Waals surface area (Å²) in [5.74, 6) is -1.87. The van der Waals surface area contributed by atoms with Crippen LogP contribution in [-0.4, -0.2) is 26.8 Å². The van der Waals surface area contributed by atoms with Crippen molar-refractivity contribution >= 4 is 29.2 Å². The summed E-state index contributed by atoms with van der Waals surface area (Å²) in [5.41, 5.74) is 2.45. The van der Waals surface area contributed by atoms with E-state index in [0.717, 1.165) is 24.0 Å². The molecule has 2 N–H and O–H groups in total. The van der Waals surface area contributed by atoms with Crippen molar-refractivity contribution in [1.29, 1.82) is 0 Å². The molecule has 0 radical (unpaired) electrons. The molecule has 6 nitrogen and oxygen atoms in total. The minimum absolute atomic E-state index is 0.0256. The molecule has 1 aromatic heterocycles. The van der Waals surface area contributed by atoms with E-state index in [-0.39, 0.29) is 16.5 Å². The van der Waals surface area contributed by atoms with E-state index in [4.69, 9.17) is 11.6 Å². The van der Waals surface area contributed by atoms with Crippen LogP contribution in [-0.2, 0) is 10.2 Å². The zero-order valence-electron chi connectivity index (χ0n) is 18.1. The minimum Gasteiger partial charge on any atom is -0.478 e. The number of hydrogen-bond donors (Lipinski definition) is 2. The Bertz CT molecular complexity index is 1280. The monoisotopic (exact) mass is 467 g/mol. The number of aromatic carboxylic acids is 1. The van der Waals surface area contributed by atoms with Gasteiger partial charge in [0.25, 0.3) is 0 Å². The largest absolute Gasteiger partial charge is 0.478 e. The van der Waals surface area contributed by atoms with Crippen molar-refractivity contribution in [2.45, 2.75) is 50.5 Å². The molecule has 8 heteroatoms. The molecule has 0 saturated heterocycles. The molecule has 2 aromatic carbocycles. The van der Waals surface area contributed by atoms with Crippen molar-refractivity contribution in [2.75, 3.05) is 5.32 Å². The lowest BCUT2D eigenvalue weighted by Gasteiger charge is -2.25. The Hall–Kier alpha value is -3.19. The first-order valence-electron chi connectivity index (χ1n) is 11.0. The number of halogens is 2. The maximum absolute atomic E-state index is 13.6. The van der Waals surface area contributed by atoms with Crippen molar-refractivity contribution in [3.05, 3.63) is 70.3 Å². The molecule has 0 unspecified atom stereocenters. The summed E-state index contributed by atoms with van der Waals surface area (Å²) in [7, 11) is 0. The minimum atomic E-state index is -1.08. The van der Waals surface area contributed by atoms with Crippen LogP contribution in [0.5, 0.6) is 0 Å². The van der Waals surface area contributed by atoms with Crippen LogP contribution in [0.4, 0.5) is 10.1 Å². The van der Waals surface area contributed by atoms with Gasteiger partial charge in [-0.15, -0.1) is 0 Å². The van der Waals surface area contributed by atoms with Crippen LogP contribution < -0.4 is 5.32 Å². The van der Waals surface area contributed by atoms with Gasteiger partial charge >= 0.3 is 5.97 Å². The number of hydrogen-bond acceptors (Lipinski definition) is 3. The highest BCUT2D eigenvalue weighted by Gasteiger charge is 2.51. The number of carboxylic acids is 1. The number of anilines is 1. The molecule has 3 aromatic rings. The van der Waals surface area contributed by atoms with Gasteiger partial charge in [0.2, 0.25) is 5.91 Å². The van der Waals surface area contributed by atoms with E-state index < -0.39 is 17.2 Å². The van der Waals surface area contributed by atoms with Crippen LogP contribution >= 0.6 is 11.6 Å². The zero-order chi connectivity index (χ0) is 23.3. The number of nitrogens with one attached hydrogen (secondary N) is 1. The molecule has 2 saturated carbocycles. The van der Waals surface area contributed by atoms with Gasteiger partial charge < -0.3 is 10.4 Å². The first-order chi connectivity index (χ1) is 15.8. The Labute approximate surface area is 195 Å². The predicted molar refractivity (Wildman–Crippen MR) is 123 cm³/mol. The van der Waals surface area contributed by atoms with Gasteiger partial charge in [0, 0.05) is 23.0 Å². The first-order valence-corrected chi connectivity index (χ1v) is 11.4. The molecule has 2 aliphatic carbocycles. The third kappa shape index (κ3) is 3.80. The number of carbonyl (C=O) groups is 2. The highest BCUT2D eigenvalue weighted by atomic mass is 35.5. The van der Waals surface area contributed by atoms with Gasteiger partial charge in [0.05, 0.1) is 28.2 Å². The number of amides is 1. The molecule has 170 valence electrons. The van der Waals surface area contributed by atoms with Crippen LogP contribution in [0.15, 0.2) is 42.7 Å². The van der Waals surface area contributed by atoms with Gasteiger partial charge in [0.1, 0.15) is 5.82 Å². The van der Waals surface area contributed by atoms with E-state index in [1.54, 1.807) is 18.3 Å². The van der Waals surface area contributed by atoms with Gasteiger partial charge in [-0.3, -0.25) is 9.48 Å². The second-order valence-electron chi connectivity index (χ2n) is 8.98. The molecular formula is C25H23ClFN3O3. The Kier molecular flexibility index (Phi) is 5.24. The summed E-state index contributed by atoms with van der Waals surface area (Å²) in [6.45, 7) is 1.82. The molecule has 0 bridgehead atoms. The topological polar surface area (TPSA) is 84.2 Å². The maximum Gasteiger partial charge on any atom is 0.336 e. The summed E-state index contributed by atoms with van der Waals surface area (Å²) in [5, 5.41) is 17.2. The lowest BCUT2D eigenvalue weighted by Crippen LogP contribution is -2.28. The normalized spacial score (nSPS) is 16.8. The summed E-state index contributed by atoms with van der Waals surface area (Å²) < 4.78 is 15.5. The lowest BCUT2D eigenvalue weighted by atomic mass is 9.93. The molecule has 0 atom stereocenters. The van der Waals surface area contributed by atoms with E-state index in [1.807, 2.05) is 17.8 Å². The van der Waals surface area contributed by atoms with Gasteiger partial charge in [-0.05, 0) is 74.4 Å². The summed E-state index contributed by atoms with van der Waals surface area (Å²) in [4.78, 5) is 25.3. The average molecular weight is 468 g/mol. The first kappa shape index (κ1) is 21.6. The fraction of sp³-hybridized carbons (Fsp3) is 0.320. The average Bonchev–Trinajstić information content (AvgIpc) is 3.42. The van der Waals surface area contributed by atoms with Crippen molar-refractivity contribution in [1.82, 2.24) is 9.78 Å². The van der Waals surface area contributed by atoms with E-state index in [9.17, 15) is 19.1 Å². The molecular weight excluding hydrogens is 445 g/mol. The van der Waals surface area contributed by atoms with E-state index >= 15 is 0 Å². The number of rotatable bonds is 6. The fourth-order valence-corrected chi connectivity index (χ4v) is 4.73. The van der Waals surface area contributed by atoms with Crippen LogP contribution in [0.2, 0.25) is 5.02 Å². The maximum atomic E-state index is 13.6. The highest BCUT2D eigenvalue weighted by molar-refractivity contribution is 6.30. The second-order valence-corrected chi connectivity index (χ2v) is 9.39. The Morgan fingerprint density at radius 2 is 2.00 bits per heavy atom. The number of carboxylic acid groups (broad SMARTS) is 1. The zero-order valence-corrected chi connectivity index (χ0v) is 18.8. The SMILES string of the molecule is Cc1cc(NC(=O)C2(c3ccc(F)c(Cl)c3)CC2)cc(C(=O)O)c1-c1cnn(C2CCC2)c1. The van der Waals surface area contributed by atoms with Gasteiger partial charge in [-0.25, -0.2) is 9.18 Å². The quantitative estimate of drug-likeness (QED) is 0.483.